The van der Waals surface area contributed by atoms with Crippen LogP contribution in [0.2, 0.25) is 0 Å². The molecule has 1 N–H and O–H groups in total. The van der Waals surface area contributed by atoms with E-state index in [0.717, 1.165) is 39.9 Å². The van der Waals surface area contributed by atoms with Crippen molar-refractivity contribution in [3.05, 3.63) is 63.1 Å². The molecule has 0 aromatic heterocycles. The lowest BCUT2D eigenvalue weighted by Gasteiger charge is -2.31. The number of nitrogens with one attached hydrogen (secondary N) is 1. The Morgan fingerprint density at radius 3 is 2.47 bits per heavy atom. The molecule has 2 aromatic carbocycles. The van der Waals surface area contributed by atoms with E-state index >= 15 is 0 Å². The van der Waals surface area contributed by atoms with Crippen molar-refractivity contribution in [3.8, 4) is 11.5 Å². The molecular weight excluding hydrogens is 440 g/mol. The highest BCUT2D eigenvalue weighted by atomic mass is 79.9. The standard InChI is InChI=1S/C25H27BrN2O2/c1-3-28(4-2)25(29)15-5-9-20-23(13-15)30-22-10-6-17(26)14-21(22)24(20)16-11-18-7-8-19(12-16)27-18/h5-6,9-10,13-14,18-19,27H,3-4,7-8,11-12H2,1-2H3. The third kappa shape index (κ3) is 3.38. The number of halogens is 1. The highest BCUT2D eigenvalue weighted by Crippen LogP contribution is 2.48. The fraction of sp³-hybridized carbons (Fsp3) is 0.400. The van der Waals surface area contributed by atoms with Crippen molar-refractivity contribution in [2.45, 2.75) is 51.6 Å². The fourth-order valence-electron chi connectivity index (χ4n) is 5.18. The summed E-state index contributed by atoms with van der Waals surface area (Å²) < 4.78 is 7.37. The van der Waals surface area contributed by atoms with Crippen LogP contribution in [0.25, 0.3) is 5.57 Å². The second-order valence-electron chi connectivity index (χ2n) is 8.46. The van der Waals surface area contributed by atoms with E-state index in [1.165, 1.54) is 24.0 Å². The highest BCUT2D eigenvalue weighted by Gasteiger charge is 2.34. The van der Waals surface area contributed by atoms with Crippen LogP contribution in [0.4, 0.5) is 0 Å². The zero-order chi connectivity index (χ0) is 20.8. The summed E-state index contributed by atoms with van der Waals surface area (Å²) in [5.41, 5.74) is 5.75. The number of carbonyl (C=O) groups is 1. The van der Waals surface area contributed by atoms with Gasteiger partial charge < -0.3 is 15.0 Å². The van der Waals surface area contributed by atoms with E-state index in [4.69, 9.17) is 4.74 Å². The average molecular weight is 467 g/mol. The van der Waals surface area contributed by atoms with Gasteiger partial charge in [-0.2, -0.15) is 0 Å². The number of piperidine rings is 1. The van der Waals surface area contributed by atoms with E-state index in [1.807, 2.05) is 43.0 Å². The largest absolute Gasteiger partial charge is 0.456 e. The van der Waals surface area contributed by atoms with Crippen molar-refractivity contribution >= 4 is 27.4 Å². The zero-order valence-corrected chi connectivity index (χ0v) is 19.1. The molecule has 2 unspecified atom stereocenters. The van der Waals surface area contributed by atoms with Gasteiger partial charge in [0, 0.05) is 46.3 Å². The summed E-state index contributed by atoms with van der Waals surface area (Å²) >= 11 is 3.64. The Morgan fingerprint density at radius 2 is 1.77 bits per heavy atom. The van der Waals surface area contributed by atoms with Crippen LogP contribution in [0.5, 0.6) is 11.5 Å². The first-order valence-electron chi connectivity index (χ1n) is 11.0. The predicted molar refractivity (Wildman–Crippen MR) is 123 cm³/mol. The quantitative estimate of drug-likeness (QED) is 0.533. The van der Waals surface area contributed by atoms with Crippen LogP contribution in [-0.2, 0) is 0 Å². The Bertz CT molecular complexity index is 1030. The minimum atomic E-state index is 0.0575. The minimum Gasteiger partial charge on any atom is -0.456 e. The molecule has 2 atom stereocenters. The van der Waals surface area contributed by atoms with Crippen LogP contribution < -0.4 is 10.1 Å². The van der Waals surface area contributed by atoms with Gasteiger partial charge in [-0.3, -0.25) is 4.79 Å². The highest BCUT2D eigenvalue weighted by molar-refractivity contribution is 9.10. The number of benzene rings is 2. The molecule has 5 rings (SSSR count). The zero-order valence-electron chi connectivity index (χ0n) is 17.5. The SMILES string of the molecule is CCN(CC)C(=O)c1ccc2c(c1)Oc1ccc(Br)cc1C2=C1CC2CCC(C1)N2. The van der Waals surface area contributed by atoms with Gasteiger partial charge in [0.1, 0.15) is 11.5 Å². The molecule has 2 bridgehead atoms. The van der Waals surface area contributed by atoms with Crippen LogP contribution in [0.15, 0.2) is 46.4 Å². The minimum absolute atomic E-state index is 0.0575. The van der Waals surface area contributed by atoms with Crippen LogP contribution in [0, 0.1) is 0 Å². The van der Waals surface area contributed by atoms with Gasteiger partial charge >= 0.3 is 0 Å². The summed E-state index contributed by atoms with van der Waals surface area (Å²) in [6.45, 7) is 5.43. The van der Waals surface area contributed by atoms with Crippen molar-refractivity contribution in [1.82, 2.24) is 10.2 Å². The molecule has 3 aliphatic rings. The maximum Gasteiger partial charge on any atom is 0.253 e. The number of amides is 1. The summed E-state index contributed by atoms with van der Waals surface area (Å²) in [4.78, 5) is 14.8. The first-order chi connectivity index (χ1) is 14.6. The first kappa shape index (κ1) is 19.8. The third-order valence-corrected chi connectivity index (χ3v) is 7.15. The van der Waals surface area contributed by atoms with Crippen molar-refractivity contribution in [2.24, 2.45) is 0 Å². The Labute approximate surface area is 186 Å². The number of hydrogen-bond donors (Lipinski definition) is 1. The molecule has 4 nitrogen and oxygen atoms in total. The Hall–Kier alpha value is -2.11. The molecule has 2 aromatic rings. The lowest BCUT2D eigenvalue weighted by molar-refractivity contribution is 0.0772. The van der Waals surface area contributed by atoms with Gasteiger partial charge in [-0.25, -0.2) is 0 Å². The second kappa shape index (κ2) is 7.86. The van der Waals surface area contributed by atoms with Gasteiger partial charge in [0.2, 0.25) is 0 Å². The first-order valence-corrected chi connectivity index (χ1v) is 11.8. The monoisotopic (exact) mass is 466 g/mol. The topological polar surface area (TPSA) is 41.6 Å². The second-order valence-corrected chi connectivity index (χ2v) is 9.37. The third-order valence-electron chi connectivity index (χ3n) is 6.65. The molecule has 1 amide bonds. The van der Waals surface area contributed by atoms with Crippen LogP contribution in [-0.4, -0.2) is 36.0 Å². The summed E-state index contributed by atoms with van der Waals surface area (Å²) in [6.07, 6.45) is 4.68. The van der Waals surface area contributed by atoms with Gasteiger partial charge in [-0.05, 0) is 81.5 Å². The molecule has 3 heterocycles. The van der Waals surface area contributed by atoms with Gasteiger partial charge in [-0.1, -0.05) is 21.5 Å². The molecule has 0 aliphatic carbocycles. The number of ether oxygens (including phenoxy) is 1. The fourth-order valence-corrected chi connectivity index (χ4v) is 5.54. The lowest BCUT2D eigenvalue weighted by atomic mass is 9.84. The molecule has 2 fully saturated rings. The Kier molecular flexibility index (Phi) is 5.19. The smallest absolute Gasteiger partial charge is 0.253 e. The molecule has 0 spiro atoms. The summed E-state index contributed by atoms with van der Waals surface area (Å²) in [5, 5.41) is 3.74. The van der Waals surface area contributed by atoms with Crippen LogP contribution >= 0.6 is 15.9 Å². The number of fused-ring (bicyclic) bond motifs is 4. The number of nitrogens with zero attached hydrogens (tertiary/aromatic N) is 1. The predicted octanol–water partition coefficient (Wildman–Crippen LogP) is 5.75. The molecule has 3 aliphatic heterocycles. The van der Waals surface area contributed by atoms with E-state index in [9.17, 15) is 4.79 Å². The maximum absolute atomic E-state index is 12.9. The van der Waals surface area contributed by atoms with Gasteiger partial charge in [-0.15, -0.1) is 0 Å². The van der Waals surface area contributed by atoms with E-state index in [-0.39, 0.29) is 5.91 Å². The number of hydrogen-bond acceptors (Lipinski definition) is 3. The molecule has 30 heavy (non-hydrogen) atoms. The Morgan fingerprint density at radius 1 is 1.03 bits per heavy atom. The van der Waals surface area contributed by atoms with Crippen LogP contribution in [0.3, 0.4) is 0 Å². The average Bonchev–Trinajstić information content (AvgIpc) is 3.10. The van der Waals surface area contributed by atoms with Crippen molar-refractivity contribution < 1.29 is 9.53 Å². The van der Waals surface area contributed by atoms with Crippen LogP contribution in [0.1, 0.15) is 61.0 Å². The summed E-state index contributed by atoms with van der Waals surface area (Å²) in [5.74, 6) is 1.71. The van der Waals surface area contributed by atoms with Crippen molar-refractivity contribution in [1.29, 1.82) is 0 Å². The summed E-state index contributed by atoms with van der Waals surface area (Å²) in [7, 11) is 0. The van der Waals surface area contributed by atoms with Gasteiger partial charge in [0.15, 0.2) is 0 Å². The van der Waals surface area contributed by atoms with Crippen molar-refractivity contribution in [2.75, 3.05) is 13.1 Å². The molecule has 0 radical (unpaired) electrons. The van der Waals surface area contributed by atoms with E-state index in [0.29, 0.717) is 30.7 Å². The maximum atomic E-state index is 12.9. The molecular formula is C25H27BrN2O2. The van der Waals surface area contributed by atoms with E-state index in [2.05, 4.69) is 33.4 Å². The molecule has 156 valence electrons. The van der Waals surface area contributed by atoms with E-state index < -0.39 is 0 Å². The molecule has 2 saturated heterocycles. The molecule has 0 saturated carbocycles. The summed E-state index contributed by atoms with van der Waals surface area (Å²) in [6, 6.07) is 13.3. The lowest BCUT2D eigenvalue weighted by Crippen LogP contribution is -2.35. The molecule has 5 heteroatoms. The Balaban J connectivity index is 1.64. The van der Waals surface area contributed by atoms with Gasteiger partial charge in [0.05, 0.1) is 0 Å². The van der Waals surface area contributed by atoms with E-state index in [1.54, 1.807) is 0 Å². The number of rotatable bonds is 3. The normalized spacial score (nSPS) is 21.7. The van der Waals surface area contributed by atoms with Gasteiger partial charge in [0.25, 0.3) is 5.91 Å². The number of carbonyl (C=O) groups excluding carboxylic acids is 1. The van der Waals surface area contributed by atoms with Crippen molar-refractivity contribution in [3.63, 3.8) is 0 Å².